The first kappa shape index (κ1) is 14.3. The molecule has 0 N–H and O–H groups in total. The summed E-state index contributed by atoms with van der Waals surface area (Å²) in [5.41, 5.74) is -0.245. The molecule has 0 radical (unpaired) electrons. The van der Waals surface area contributed by atoms with Crippen LogP contribution in [0.15, 0.2) is 28.2 Å². The number of halogens is 1. The molecule has 19 heavy (non-hydrogen) atoms. The summed E-state index contributed by atoms with van der Waals surface area (Å²) in [4.78, 5) is 0. The molecule has 0 aromatic carbocycles. The molecule has 0 unspecified atom stereocenters. The Morgan fingerprint density at radius 1 is 1.26 bits per heavy atom. The third kappa shape index (κ3) is 2.74. The largest absolute Gasteiger partial charge is 0.525 e. The van der Waals surface area contributed by atoms with Crippen molar-refractivity contribution in [3.8, 4) is 0 Å². The normalized spacial score (nSPS) is 22.5. The number of rotatable bonds is 3. The first-order valence-electron chi connectivity index (χ1n) is 6.33. The second-order valence-corrected chi connectivity index (χ2v) is 5.88. The Bertz CT molecular complexity index is 466. The second-order valence-electron chi connectivity index (χ2n) is 5.88. The summed E-state index contributed by atoms with van der Waals surface area (Å²) in [6.07, 6.45) is 1.85. The van der Waals surface area contributed by atoms with Crippen LogP contribution in [0, 0.1) is 0 Å². The van der Waals surface area contributed by atoms with Crippen molar-refractivity contribution in [1.29, 1.82) is 0 Å². The van der Waals surface area contributed by atoms with E-state index in [-0.39, 0.29) is 5.73 Å². The monoisotopic (exact) mass is 267 g/mol. The average molecular weight is 267 g/mol. The Labute approximate surface area is 113 Å². The van der Waals surface area contributed by atoms with Crippen LogP contribution in [0.25, 0.3) is 0 Å². The van der Waals surface area contributed by atoms with E-state index >= 15 is 0 Å². The van der Waals surface area contributed by atoms with Crippen LogP contribution in [0.2, 0.25) is 0 Å². The molecule has 1 aliphatic heterocycles. The topological polar surface area (TPSA) is 44.5 Å². The molecule has 1 saturated heterocycles. The fourth-order valence-electron chi connectivity index (χ4n) is 1.83. The van der Waals surface area contributed by atoms with Gasteiger partial charge in [-0.2, -0.15) is 0 Å². The molecule has 0 amide bonds. The van der Waals surface area contributed by atoms with E-state index in [1.165, 1.54) is 6.26 Å². The third-order valence-electron chi connectivity index (χ3n) is 3.81. The summed E-state index contributed by atoms with van der Waals surface area (Å²) >= 11 is 0. The molecule has 0 atom stereocenters. The fraction of sp³-hybridized carbons (Fsp3) is 0.615. The predicted octanol–water partition coefficient (Wildman–Crippen LogP) is 3.09. The number of hydrogen-bond acceptors (Lipinski definition) is 4. The van der Waals surface area contributed by atoms with E-state index in [1.807, 2.05) is 27.7 Å². The molecule has 1 aliphatic rings. The lowest BCUT2D eigenvalue weighted by Gasteiger charge is -2.32. The Morgan fingerprint density at radius 2 is 1.84 bits per heavy atom. The third-order valence-corrected chi connectivity index (χ3v) is 3.81. The van der Waals surface area contributed by atoms with Crippen molar-refractivity contribution in [2.24, 2.45) is 0 Å². The second kappa shape index (κ2) is 4.76. The summed E-state index contributed by atoms with van der Waals surface area (Å²) in [7, 11) is -0.947. The highest BCUT2D eigenvalue weighted by Crippen LogP contribution is 2.39. The van der Waals surface area contributed by atoms with E-state index in [1.54, 1.807) is 13.0 Å². The number of hydrogen-bond donors (Lipinski definition) is 0. The molecule has 2 rings (SSSR count). The predicted molar refractivity (Wildman–Crippen MR) is 70.1 cm³/mol. The lowest BCUT2D eigenvalue weighted by Crippen LogP contribution is -2.41. The summed E-state index contributed by atoms with van der Waals surface area (Å²) < 4.78 is 30.4. The molecule has 2 heterocycles. The maximum atomic E-state index is 14.4. The standard InChI is InChI=1S/C13H19BFNO3/c1-9(8-10-6-7-17-16-10)11(15)14-18-12(2,3)13(4,5)19-14/h6-7H,8H2,1-5H3. The van der Waals surface area contributed by atoms with Gasteiger partial charge < -0.3 is 13.8 Å². The van der Waals surface area contributed by atoms with Gasteiger partial charge in [0.25, 0.3) is 0 Å². The van der Waals surface area contributed by atoms with Crippen LogP contribution in [0.3, 0.4) is 0 Å². The minimum absolute atomic E-state index is 0.381. The number of allylic oxidation sites excluding steroid dienone is 1. The van der Waals surface area contributed by atoms with Gasteiger partial charge >= 0.3 is 7.12 Å². The van der Waals surface area contributed by atoms with Gasteiger partial charge in [-0.05, 0) is 40.2 Å². The highest BCUT2D eigenvalue weighted by atomic mass is 19.1. The van der Waals surface area contributed by atoms with E-state index in [0.29, 0.717) is 17.7 Å². The summed E-state index contributed by atoms with van der Waals surface area (Å²) in [6.45, 7) is 9.29. The molecule has 104 valence electrons. The van der Waals surface area contributed by atoms with Crippen molar-refractivity contribution >= 4 is 7.12 Å². The summed E-state index contributed by atoms with van der Waals surface area (Å²) in [5.74, 6) is 0. The molecule has 1 fully saturated rings. The van der Waals surface area contributed by atoms with Gasteiger partial charge in [0.15, 0.2) is 0 Å². The Morgan fingerprint density at radius 3 is 2.32 bits per heavy atom. The molecule has 0 saturated carbocycles. The molecule has 0 aliphatic carbocycles. The van der Waals surface area contributed by atoms with Gasteiger partial charge in [0, 0.05) is 12.5 Å². The smallest absolute Gasteiger partial charge is 0.398 e. The molecule has 0 spiro atoms. The summed E-state index contributed by atoms with van der Waals surface area (Å²) in [5, 5.41) is 3.76. The van der Waals surface area contributed by atoms with Crippen LogP contribution in [0.4, 0.5) is 4.39 Å². The van der Waals surface area contributed by atoms with Crippen molar-refractivity contribution in [1.82, 2.24) is 5.16 Å². The van der Waals surface area contributed by atoms with E-state index in [9.17, 15) is 4.39 Å². The number of nitrogens with zero attached hydrogens (tertiary/aromatic N) is 1. The maximum Gasteiger partial charge on any atom is 0.525 e. The molecule has 4 nitrogen and oxygen atoms in total. The van der Waals surface area contributed by atoms with Crippen LogP contribution < -0.4 is 0 Å². The highest BCUT2D eigenvalue weighted by molar-refractivity contribution is 6.53. The van der Waals surface area contributed by atoms with Gasteiger partial charge in [-0.15, -0.1) is 0 Å². The zero-order valence-corrected chi connectivity index (χ0v) is 12.0. The van der Waals surface area contributed by atoms with Gasteiger partial charge in [-0.1, -0.05) is 5.16 Å². The van der Waals surface area contributed by atoms with Gasteiger partial charge in [-0.25, -0.2) is 4.39 Å². The van der Waals surface area contributed by atoms with E-state index in [4.69, 9.17) is 13.8 Å². The first-order chi connectivity index (χ1) is 8.73. The van der Waals surface area contributed by atoms with Gasteiger partial charge in [0.2, 0.25) is 0 Å². The molecular weight excluding hydrogens is 248 g/mol. The maximum absolute atomic E-state index is 14.4. The van der Waals surface area contributed by atoms with Gasteiger partial charge in [0.1, 0.15) is 12.0 Å². The van der Waals surface area contributed by atoms with E-state index in [2.05, 4.69) is 5.16 Å². The molecular formula is C13H19BFNO3. The number of aromatic nitrogens is 1. The van der Waals surface area contributed by atoms with Crippen LogP contribution in [0.5, 0.6) is 0 Å². The van der Waals surface area contributed by atoms with Crippen LogP contribution in [0.1, 0.15) is 40.3 Å². The Balaban J connectivity index is 2.14. The zero-order chi connectivity index (χ0) is 14.3. The molecule has 6 heteroatoms. The van der Waals surface area contributed by atoms with Gasteiger partial charge in [0.05, 0.1) is 16.9 Å². The minimum atomic E-state index is -0.947. The highest BCUT2D eigenvalue weighted by Gasteiger charge is 2.53. The van der Waals surface area contributed by atoms with E-state index in [0.717, 1.165) is 0 Å². The SMILES string of the molecule is CC(Cc1ccon1)=C(F)B1OC(C)(C)C(C)(C)O1. The average Bonchev–Trinajstić information content (AvgIpc) is 2.85. The van der Waals surface area contributed by atoms with Crippen molar-refractivity contribution in [2.75, 3.05) is 0 Å². The zero-order valence-electron chi connectivity index (χ0n) is 12.0. The minimum Gasteiger partial charge on any atom is -0.398 e. The van der Waals surface area contributed by atoms with Crippen LogP contribution in [-0.4, -0.2) is 23.5 Å². The quantitative estimate of drug-likeness (QED) is 0.789. The fourth-order valence-corrected chi connectivity index (χ4v) is 1.83. The van der Waals surface area contributed by atoms with Gasteiger partial charge in [-0.3, -0.25) is 0 Å². The Kier molecular flexibility index (Phi) is 3.58. The molecule has 0 bridgehead atoms. The Hall–Kier alpha value is -1.14. The van der Waals surface area contributed by atoms with Crippen LogP contribution in [-0.2, 0) is 15.7 Å². The molecule has 1 aromatic heterocycles. The lowest BCUT2D eigenvalue weighted by atomic mass is 9.84. The summed E-state index contributed by atoms with van der Waals surface area (Å²) in [6, 6.07) is 1.71. The van der Waals surface area contributed by atoms with Crippen molar-refractivity contribution < 1.29 is 18.2 Å². The van der Waals surface area contributed by atoms with Crippen molar-refractivity contribution in [2.45, 2.75) is 52.2 Å². The van der Waals surface area contributed by atoms with Crippen molar-refractivity contribution in [3.05, 3.63) is 29.3 Å². The lowest BCUT2D eigenvalue weighted by molar-refractivity contribution is 0.00578. The van der Waals surface area contributed by atoms with Crippen molar-refractivity contribution in [3.63, 3.8) is 0 Å². The molecule has 1 aromatic rings. The first-order valence-corrected chi connectivity index (χ1v) is 6.33. The van der Waals surface area contributed by atoms with Crippen LogP contribution >= 0.6 is 0 Å². The van der Waals surface area contributed by atoms with E-state index < -0.39 is 18.3 Å².